The number of benzene rings is 1. The molecule has 17 heavy (non-hydrogen) atoms. The first-order valence-electron chi connectivity index (χ1n) is 6.73. The van der Waals surface area contributed by atoms with Crippen LogP contribution in [-0.4, -0.2) is 12.6 Å². The molecule has 0 unspecified atom stereocenters. The molecule has 0 saturated heterocycles. The van der Waals surface area contributed by atoms with Crippen molar-refractivity contribution in [2.75, 3.05) is 6.54 Å². The second kappa shape index (κ2) is 8.13. The Kier molecular flexibility index (Phi) is 6.71. The fourth-order valence-electron chi connectivity index (χ4n) is 1.59. The molecule has 0 aromatic heterocycles. The van der Waals surface area contributed by atoms with Crippen LogP contribution in [0.4, 0.5) is 0 Å². The van der Waals surface area contributed by atoms with Gasteiger partial charge in [-0.2, -0.15) is 0 Å². The Labute approximate surface area is 105 Å². The molecule has 0 bridgehead atoms. The minimum absolute atomic E-state index is 0.284. The molecule has 1 aromatic carbocycles. The highest BCUT2D eigenvalue weighted by Crippen LogP contribution is 2.19. The molecule has 0 radical (unpaired) electrons. The van der Waals surface area contributed by atoms with Crippen molar-refractivity contribution in [1.82, 2.24) is 5.32 Å². The minimum atomic E-state index is 0.284. The molecule has 0 spiro atoms. The van der Waals surface area contributed by atoms with Gasteiger partial charge in [0.15, 0.2) is 0 Å². The molecule has 1 N–H and O–H groups in total. The Balaban J connectivity index is 2.51. The lowest BCUT2D eigenvalue weighted by molar-refractivity contribution is 0.215. The van der Waals surface area contributed by atoms with Gasteiger partial charge in [0.1, 0.15) is 5.75 Å². The zero-order valence-electron chi connectivity index (χ0n) is 11.3. The number of nitrogens with one attached hydrogen (secondary N) is 1. The highest BCUT2D eigenvalue weighted by molar-refractivity contribution is 5.33. The molecule has 0 aliphatic rings. The summed E-state index contributed by atoms with van der Waals surface area (Å²) in [4.78, 5) is 0. The number of para-hydroxylation sites is 1. The van der Waals surface area contributed by atoms with E-state index in [4.69, 9.17) is 4.74 Å². The Morgan fingerprint density at radius 3 is 2.71 bits per heavy atom. The Hall–Kier alpha value is -1.02. The molecule has 96 valence electrons. The summed E-state index contributed by atoms with van der Waals surface area (Å²) in [6.07, 6.45) is 3.79. The quantitative estimate of drug-likeness (QED) is 0.693. The van der Waals surface area contributed by atoms with Gasteiger partial charge in [0.2, 0.25) is 0 Å². The average molecular weight is 235 g/mol. The van der Waals surface area contributed by atoms with E-state index in [1.165, 1.54) is 18.4 Å². The van der Waals surface area contributed by atoms with Gasteiger partial charge in [-0.3, -0.25) is 0 Å². The predicted molar refractivity (Wildman–Crippen MR) is 73.4 cm³/mol. The van der Waals surface area contributed by atoms with Crippen molar-refractivity contribution in [2.24, 2.45) is 0 Å². The third-order valence-electron chi connectivity index (χ3n) is 2.90. The minimum Gasteiger partial charge on any atom is -0.490 e. The molecule has 0 fully saturated rings. The van der Waals surface area contributed by atoms with Crippen LogP contribution in [0.15, 0.2) is 24.3 Å². The van der Waals surface area contributed by atoms with Crippen LogP contribution in [-0.2, 0) is 6.54 Å². The van der Waals surface area contributed by atoms with E-state index in [0.717, 1.165) is 25.3 Å². The zero-order valence-corrected chi connectivity index (χ0v) is 11.3. The normalized spacial score (nSPS) is 12.4. The molecule has 2 heteroatoms. The molecule has 0 amide bonds. The third kappa shape index (κ3) is 5.22. The standard InChI is InChI=1S/C15H25NO/c1-4-6-11-16-12-14-9-7-8-10-15(14)17-13(3)5-2/h7-10,13,16H,4-6,11-12H2,1-3H3/t13-/m0/s1. The molecule has 1 rings (SSSR count). The lowest BCUT2D eigenvalue weighted by atomic mass is 10.2. The highest BCUT2D eigenvalue weighted by Gasteiger charge is 2.05. The van der Waals surface area contributed by atoms with E-state index >= 15 is 0 Å². The van der Waals surface area contributed by atoms with Crippen molar-refractivity contribution >= 4 is 0 Å². The van der Waals surface area contributed by atoms with Crippen LogP contribution < -0.4 is 10.1 Å². The van der Waals surface area contributed by atoms with Crippen LogP contribution in [0.2, 0.25) is 0 Å². The first-order valence-corrected chi connectivity index (χ1v) is 6.73. The summed E-state index contributed by atoms with van der Waals surface area (Å²) >= 11 is 0. The fourth-order valence-corrected chi connectivity index (χ4v) is 1.59. The smallest absolute Gasteiger partial charge is 0.124 e. The molecule has 1 atom stereocenters. The van der Waals surface area contributed by atoms with Crippen LogP contribution in [0.5, 0.6) is 5.75 Å². The summed E-state index contributed by atoms with van der Waals surface area (Å²) in [6, 6.07) is 8.30. The SMILES string of the molecule is CCCCNCc1ccccc1O[C@@H](C)CC. The van der Waals surface area contributed by atoms with Crippen molar-refractivity contribution < 1.29 is 4.74 Å². The summed E-state index contributed by atoms with van der Waals surface area (Å²) < 4.78 is 5.91. The van der Waals surface area contributed by atoms with Gasteiger partial charge in [-0.15, -0.1) is 0 Å². The number of hydrogen-bond donors (Lipinski definition) is 1. The first-order chi connectivity index (χ1) is 8.27. The van der Waals surface area contributed by atoms with Gasteiger partial charge in [-0.1, -0.05) is 38.5 Å². The van der Waals surface area contributed by atoms with E-state index in [9.17, 15) is 0 Å². The summed E-state index contributed by atoms with van der Waals surface area (Å²) in [5.74, 6) is 1.02. The zero-order chi connectivity index (χ0) is 12.5. The molecular formula is C15H25NO. The second-order valence-electron chi connectivity index (χ2n) is 4.47. The van der Waals surface area contributed by atoms with Crippen molar-refractivity contribution in [1.29, 1.82) is 0 Å². The summed E-state index contributed by atoms with van der Waals surface area (Å²) in [5, 5.41) is 3.45. The van der Waals surface area contributed by atoms with Crippen molar-refractivity contribution in [3.63, 3.8) is 0 Å². The summed E-state index contributed by atoms with van der Waals surface area (Å²) in [6.45, 7) is 8.44. The lowest BCUT2D eigenvalue weighted by Gasteiger charge is -2.16. The van der Waals surface area contributed by atoms with E-state index in [2.05, 4.69) is 44.3 Å². The van der Waals surface area contributed by atoms with Crippen molar-refractivity contribution in [3.8, 4) is 5.75 Å². The van der Waals surface area contributed by atoms with Crippen molar-refractivity contribution in [2.45, 2.75) is 52.7 Å². The topological polar surface area (TPSA) is 21.3 Å². The molecular weight excluding hydrogens is 210 g/mol. The van der Waals surface area contributed by atoms with Gasteiger partial charge in [0.05, 0.1) is 6.10 Å². The summed E-state index contributed by atoms with van der Waals surface area (Å²) in [5.41, 5.74) is 1.25. The molecule has 2 nitrogen and oxygen atoms in total. The second-order valence-corrected chi connectivity index (χ2v) is 4.47. The summed E-state index contributed by atoms with van der Waals surface area (Å²) in [7, 11) is 0. The number of rotatable bonds is 8. The predicted octanol–water partition coefficient (Wildman–Crippen LogP) is 3.75. The molecule has 1 aromatic rings. The first kappa shape index (κ1) is 14.0. The largest absolute Gasteiger partial charge is 0.490 e. The van der Waals surface area contributed by atoms with Crippen LogP contribution in [0.25, 0.3) is 0 Å². The maximum atomic E-state index is 5.91. The average Bonchev–Trinajstić information content (AvgIpc) is 2.36. The maximum Gasteiger partial charge on any atom is 0.124 e. The fraction of sp³-hybridized carbons (Fsp3) is 0.600. The van der Waals surface area contributed by atoms with Gasteiger partial charge in [-0.25, -0.2) is 0 Å². The Morgan fingerprint density at radius 1 is 1.24 bits per heavy atom. The van der Waals surface area contributed by atoms with Crippen LogP contribution in [0, 0.1) is 0 Å². The lowest BCUT2D eigenvalue weighted by Crippen LogP contribution is -2.17. The van der Waals surface area contributed by atoms with Crippen LogP contribution >= 0.6 is 0 Å². The van der Waals surface area contributed by atoms with Crippen LogP contribution in [0.3, 0.4) is 0 Å². The van der Waals surface area contributed by atoms with Gasteiger partial charge < -0.3 is 10.1 Å². The third-order valence-corrected chi connectivity index (χ3v) is 2.90. The molecule has 0 aliphatic carbocycles. The number of unbranched alkanes of at least 4 members (excludes halogenated alkanes) is 1. The van der Waals surface area contributed by atoms with Gasteiger partial charge in [-0.05, 0) is 32.4 Å². The maximum absolute atomic E-state index is 5.91. The van der Waals surface area contributed by atoms with Gasteiger partial charge >= 0.3 is 0 Å². The van der Waals surface area contributed by atoms with Crippen LogP contribution in [0.1, 0.15) is 45.6 Å². The molecule has 0 heterocycles. The Bertz CT molecular complexity index is 312. The monoisotopic (exact) mass is 235 g/mol. The van der Waals surface area contributed by atoms with Gasteiger partial charge in [0, 0.05) is 12.1 Å². The Morgan fingerprint density at radius 2 is 2.00 bits per heavy atom. The molecule has 0 saturated carbocycles. The van der Waals surface area contributed by atoms with E-state index in [1.54, 1.807) is 0 Å². The number of hydrogen-bond acceptors (Lipinski definition) is 2. The van der Waals surface area contributed by atoms with E-state index in [-0.39, 0.29) is 6.10 Å². The molecule has 0 aliphatic heterocycles. The van der Waals surface area contributed by atoms with E-state index in [0.29, 0.717) is 0 Å². The van der Waals surface area contributed by atoms with Gasteiger partial charge in [0.25, 0.3) is 0 Å². The number of ether oxygens (including phenoxy) is 1. The van der Waals surface area contributed by atoms with E-state index < -0.39 is 0 Å². The van der Waals surface area contributed by atoms with Crippen molar-refractivity contribution in [3.05, 3.63) is 29.8 Å². The van der Waals surface area contributed by atoms with E-state index in [1.807, 2.05) is 6.07 Å². The highest BCUT2D eigenvalue weighted by atomic mass is 16.5.